The van der Waals surface area contributed by atoms with Crippen molar-refractivity contribution >= 4 is 53.5 Å². The highest BCUT2D eigenvalue weighted by Gasteiger charge is 2.28. The minimum absolute atomic E-state index is 0. The molecule has 0 amide bonds. The number of rotatable bonds is 4. The van der Waals surface area contributed by atoms with Crippen LogP contribution in [0, 0.1) is 22.9 Å². The summed E-state index contributed by atoms with van der Waals surface area (Å²) < 4.78 is 14.0. The number of piperazine rings is 1. The average molecular weight is 470 g/mol. The number of nitro groups is 1. The Hall–Kier alpha value is -1.84. The van der Waals surface area contributed by atoms with Gasteiger partial charge in [-0.1, -0.05) is 18.2 Å². The van der Waals surface area contributed by atoms with Crippen LogP contribution in [-0.2, 0) is 0 Å². The molecule has 1 aliphatic rings. The van der Waals surface area contributed by atoms with Crippen molar-refractivity contribution < 1.29 is 14.8 Å². The molecule has 3 rings (SSSR count). The largest absolute Gasteiger partial charge is 0.412 e. The Morgan fingerprint density at radius 1 is 1.17 bits per heavy atom. The maximum atomic E-state index is 14.0. The smallest absolute Gasteiger partial charge is 0.292 e. The lowest BCUT2D eigenvalue weighted by molar-refractivity contribution is -0.384. The molecule has 2 aromatic carbocycles. The van der Waals surface area contributed by atoms with Crippen LogP contribution in [0.3, 0.4) is 0 Å². The molecule has 4 N–H and O–H groups in total. The monoisotopic (exact) mass is 468 g/mol. The fourth-order valence-corrected chi connectivity index (χ4v) is 3.52. The molecule has 1 unspecified atom stereocenters. The number of aryl methyl sites for hydroxylation is 1. The van der Waals surface area contributed by atoms with Crippen LogP contribution in [0.1, 0.15) is 16.6 Å². The molecule has 0 aliphatic carbocycles. The number of anilines is 2. The molecule has 7 nitrogen and oxygen atoms in total. The Labute approximate surface area is 185 Å². The molecule has 1 heterocycles. The lowest BCUT2D eigenvalue weighted by atomic mass is 10.1. The summed E-state index contributed by atoms with van der Waals surface area (Å²) >= 11 is 6.45. The molecule has 1 saturated heterocycles. The molecule has 0 aromatic heterocycles. The van der Waals surface area contributed by atoms with Gasteiger partial charge in [-0.25, -0.2) is 4.39 Å². The van der Waals surface area contributed by atoms with E-state index in [9.17, 15) is 14.5 Å². The summed E-state index contributed by atoms with van der Waals surface area (Å²) in [4.78, 5) is 14.9. The third-order valence-corrected chi connectivity index (χ3v) is 5.21. The van der Waals surface area contributed by atoms with Crippen molar-refractivity contribution in [3.8, 4) is 0 Å². The van der Waals surface area contributed by atoms with Gasteiger partial charge in [-0.3, -0.25) is 15.0 Å². The highest BCUT2D eigenvalue weighted by molar-refractivity contribution is 6.20. The number of alkyl halides is 1. The van der Waals surface area contributed by atoms with Crippen molar-refractivity contribution in [2.24, 2.45) is 0 Å². The van der Waals surface area contributed by atoms with E-state index in [-0.39, 0.29) is 41.8 Å². The first-order valence-corrected chi connectivity index (χ1v) is 8.74. The van der Waals surface area contributed by atoms with Gasteiger partial charge >= 0.3 is 0 Å². The zero-order valence-corrected chi connectivity index (χ0v) is 18.1. The zero-order chi connectivity index (χ0) is 18.8. The molecular formula is C18H24Cl3FN4O3. The van der Waals surface area contributed by atoms with Crippen molar-refractivity contribution in [3.05, 3.63) is 63.5 Å². The number of halogens is 4. The summed E-state index contributed by atoms with van der Waals surface area (Å²) in [6, 6.07) is 9.59. The second-order valence-corrected chi connectivity index (χ2v) is 6.75. The molecule has 29 heavy (non-hydrogen) atoms. The van der Waals surface area contributed by atoms with Crippen molar-refractivity contribution in [2.45, 2.75) is 12.4 Å². The summed E-state index contributed by atoms with van der Waals surface area (Å²) in [6.45, 7) is 3.96. The van der Waals surface area contributed by atoms with E-state index in [0.29, 0.717) is 48.7 Å². The van der Waals surface area contributed by atoms with Crippen LogP contribution in [0.25, 0.3) is 0 Å². The van der Waals surface area contributed by atoms with Crippen molar-refractivity contribution in [3.63, 3.8) is 0 Å². The summed E-state index contributed by atoms with van der Waals surface area (Å²) in [5.41, 5.74) is 7.56. The number of nitro benzene ring substituents is 1. The highest BCUT2D eigenvalue weighted by Crippen LogP contribution is 2.35. The number of hydrogen-bond donors (Lipinski definition) is 1. The Balaban J connectivity index is 0.00000261. The quantitative estimate of drug-likeness (QED) is 0.241. The molecule has 0 bridgehead atoms. The number of nitrogens with zero attached hydrogens (tertiary/aromatic N) is 3. The molecule has 2 aromatic rings. The molecule has 162 valence electrons. The lowest BCUT2D eigenvalue weighted by Crippen LogP contribution is -2.47. The van der Waals surface area contributed by atoms with Crippen LogP contribution < -0.4 is 10.6 Å². The second-order valence-electron chi connectivity index (χ2n) is 6.33. The predicted octanol–water partition coefficient (Wildman–Crippen LogP) is 3.70. The first kappa shape index (κ1) is 27.2. The number of nitrogen functional groups attached to an aromatic ring is 1. The third kappa shape index (κ3) is 5.83. The van der Waals surface area contributed by atoms with Crippen LogP contribution in [0.15, 0.2) is 36.4 Å². The van der Waals surface area contributed by atoms with E-state index in [2.05, 4.69) is 0 Å². The van der Waals surface area contributed by atoms with Crippen LogP contribution >= 0.6 is 36.4 Å². The Kier molecular flexibility index (Phi) is 10.7. The molecule has 1 aliphatic heterocycles. The molecular weight excluding hydrogens is 446 g/mol. The molecule has 11 heteroatoms. The molecule has 1 fully saturated rings. The van der Waals surface area contributed by atoms with E-state index in [4.69, 9.17) is 17.3 Å². The standard InChI is InChI=1S/C18H20ClFN4O2.2ClH.H2O/c1-12-10-17(24(25)26)16(11-15(12)21)22-6-8-23(9-7-22)18(19)13-4-2-3-5-14(13)20;;;/h2-5,10-11,18H,6-9,21H2,1H3;2*1H;1H2. The van der Waals surface area contributed by atoms with Gasteiger partial charge in [0.05, 0.1) is 4.92 Å². The summed E-state index contributed by atoms with van der Waals surface area (Å²) in [7, 11) is 0. The number of hydrogen-bond acceptors (Lipinski definition) is 5. The SMILES string of the molecule is Cc1cc([N+](=O)[O-])c(N2CCN(C(Cl)c3ccccc3F)CC2)cc1N.Cl.Cl.O. The van der Waals surface area contributed by atoms with Crippen LogP contribution in [0.2, 0.25) is 0 Å². The van der Waals surface area contributed by atoms with E-state index in [0.717, 1.165) is 0 Å². The maximum absolute atomic E-state index is 14.0. The number of nitrogens with two attached hydrogens (primary N) is 1. The third-order valence-electron chi connectivity index (χ3n) is 4.70. The fraction of sp³-hybridized carbons (Fsp3) is 0.333. The summed E-state index contributed by atoms with van der Waals surface area (Å²) in [5, 5.41) is 11.4. The van der Waals surface area contributed by atoms with Gasteiger partial charge in [0.25, 0.3) is 5.69 Å². The van der Waals surface area contributed by atoms with Gasteiger partial charge in [0.1, 0.15) is 17.0 Å². The summed E-state index contributed by atoms with van der Waals surface area (Å²) in [5.74, 6) is -0.336. The van der Waals surface area contributed by atoms with E-state index >= 15 is 0 Å². The normalized spacial score (nSPS) is 14.8. The topological polar surface area (TPSA) is 107 Å². The zero-order valence-electron chi connectivity index (χ0n) is 15.7. The minimum Gasteiger partial charge on any atom is -0.412 e. The van der Waals surface area contributed by atoms with Gasteiger partial charge in [-0.2, -0.15) is 0 Å². The van der Waals surface area contributed by atoms with Gasteiger partial charge in [0, 0.05) is 43.5 Å². The van der Waals surface area contributed by atoms with Gasteiger partial charge < -0.3 is 16.1 Å². The van der Waals surface area contributed by atoms with Crippen LogP contribution in [-0.4, -0.2) is 41.5 Å². The van der Waals surface area contributed by atoms with Gasteiger partial charge in [-0.05, 0) is 24.6 Å². The van der Waals surface area contributed by atoms with E-state index in [1.54, 1.807) is 31.2 Å². The molecule has 0 radical (unpaired) electrons. The molecule has 0 saturated carbocycles. The summed E-state index contributed by atoms with van der Waals surface area (Å²) in [6.07, 6.45) is 0. The van der Waals surface area contributed by atoms with Gasteiger partial charge in [0.15, 0.2) is 0 Å². The first-order valence-electron chi connectivity index (χ1n) is 8.30. The molecule has 0 spiro atoms. The Morgan fingerprint density at radius 3 is 2.31 bits per heavy atom. The van der Waals surface area contributed by atoms with E-state index in [1.807, 2.05) is 9.80 Å². The highest BCUT2D eigenvalue weighted by atomic mass is 35.5. The van der Waals surface area contributed by atoms with Crippen molar-refractivity contribution in [2.75, 3.05) is 36.8 Å². The fourth-order valence-electron chi connectivity index (χ4n) is 3.15. The van der Waals surface area contributed by atoms with Crippen molar-refractivity contribution in [1.82, 2.24) is 4.90 Å². The minimum atomic E-state index is -0.573. The first-order chi connectivity index (χ1) is 12.4. The average Bonchev–Trinajstić information content (AvgIpc) is 2.63. The lowest BCUT2D eigenvalue weighted by Gasteiger charge is -2.38. The van der Waals surface area contributed by atoms with Gasteiger partial charge in [-0.15, -0.1) is 36.4 Å². The van der Waals surface area contributed by atoms with E-state index in [1.165, 1.54) is 12.1 Å². The molecule has 1 atom stereocenters. The van der Waals surface area contributed by atoms with E-state index < -0.39 is 10.4 Å². The predicted molar refractivity (Wildman–Crippen MR) is 119 cm³/mol. The number of benzene rings is 2. The van der Waals surface area contributed by atoms with Crippen LogP contribution in [0.4, 0.5) is 21.5 Å². The van der Waals surface area contributed by atoms with Gasteiger partial charge in [0.2, 0.25) is 0 Å². The van der Waals surface area contributed by atoms with Crippen LogP contribution in [0.5, 0.6) is 0 Å². The second kappa shape index (κ2) is 11.4. The maximum Gasteiger partial charge on any atom is 0.292 e. The van der Waals surface area contributed by atoms with Crippen molar-refractivity contribution in [1.29, 1.82) is 0 Å². The Morgan fingerprint density at radius 2 is 1.76 bits per heavy atom. The Bertz CT molecular complexity index is 836.